The summed E-state index contributed by atoms with van der Waals surface area (Å²) in [6.07, 6.45) is 10.2. The maximum atomic E-state index is 12.5. The van der Waals surface area contributed by atoms with Crippen LogP contribution in [0.25, 0.3) is 6.08 Å². The number of carbonyl (C=O) groups excluding carboxylic acids is 2. The molecule has 0 saturated carbocycles. The monoisotopic (exact) mass is 329 g/mol. The average molecular weight is 329 g/mol. The fraction of sp³-hybridized carbons (Fsp3) is 0.529. The average Bonchev–Trinajstić information content (AvgIpc) is 3.15. The van der Waals surface area contributed by atoms with Crippen molar-refractivity contribution in [2.24, 2.45) is 5.92 Å². The highest BCUT2D eigenvalue weighted by Gasteiger charge is 2.31. The molecule has 2 aliphatic heterocycles. The van der Waals surface area contributed by atoms with E-state index in [2.05, 4.69) is 9.97 Å². The van der Waals surface area contributed by atoms with E-state index in [9.17, 15) is 9.59 Å². The second kappa shape index (κ2) is 7.42. The normalized spacial score (nSPS) is 21.4. The lowest BCUT2D eigenvalue weighted by Crippen LogP contribution is -2.45. The van der Waals surface area contributed by atoms with Gasteiger partial charge in [0.15, 0.2) is 0 Å². The summed E-state index contributed by atoms with van der Waals surface area (Å²) in [5, 5.41) is 0. The van der Waals surface area contributed by atoms with Gasteiger partial charge < -0.3 is 15.5 Å². The molecule has 0 spiro atoms. The van der Waals surface area contributed by atoms with Gasteiger partial charge in [-0.3, -0.25) is 9.59 Å². The second-order valence-corrected chi connectivity index (χ2v) is 6.36. The highest BCUT2D eigenvalue weighted by molar-refractivity contribution is 5.92. The topological polar surface area (TPSA) is 92.4 Å². The fourth-order valence-electron chi connectivity index (χ4n) is 3.28. The van der Waals surface area contributed by atoms with E-state index in [1.807, 2.05) is 4.90 Å². The van der Waals surface area contributed by atoms with Gasteiger partial charge in [0.05, 0.1) is 5.92 Å². The maximum absolute atomic E-state index is 12.5. The summed E-state index contributed by atoms with van der Waals surface area (Å²) in [6, 6.07) is 0. The molecule has 1 aromatic rings. The third kappa shape index (κ3) is 3.90. The molecule has 1 aromatic heterocycles. The molecule has 3 rings (SSSR count). The van der Waals surface area contributed by atoms with Crippen LogP contribution in [0.4, 0.5) is 5.95 Å². The third-order valence-electron chi connectivity index (χ3n) is 4.61. The lowest BCUT2D eigenvalue weighted by atomic mass is 9.96. The molecule has 7 nitrogen and oxygen atoms in total. The molecule has 0 bridgehead atoms. The smallest absolute Gasteiger partial charge is 0.246 e. The Labute approximate surface area is 141 Å². The zero-order chi connectivity index (χ0) is 16.9. The number of nitrogen functional groups attached to an aromatic ring is 1. The van der Waals surface area contributed by atoms with Crippen LogP contribution in [-0.4, -0.2) is 57.8 Å². The zero-order valence-electron chi connectivity index (χ0n) is 13.7. The van der Waals surface area contributed by atoms with Gasteiger partial charge in [-0.05, 0) is 31.8 Å². The minimum Gasteiger partial charge on any atom is -0.368 e. The van der Waals surface area contributed by atoms with Gasteiger partial charge in [0.2, 0.25) is 17.8 Å². The summed E-state index contributed by atoms with van der Waals surface area (Å²) in [5.41, 5.74) is 6.16. The lowest BCUT2D eigenvalue weighted by molar-refractivity contribution is -0.138. The first-order valence-electron chi connectivity index (χ1n) is 8.47. The number of nitrogens with zero attached hydrogens (tertiary/aromatic N) is 4. The van der Waals surface area contributed by atoms with Crippen LogP contribution in [0.1, 0.15) is 31.2 Å². The number of likely N-dealkylation sites (tertiary alicyclic amines) is 2. The van der Waals surface area contributed by atoms with Gasteiger partial charge in [-0.1, -0.05) is 0 Å². The highest BCUT2D eigenvalue weighted by atomic mass is 16.2. The summed E-state index contributed by atoms with van der Waals surface area (Å²) in [6.45, 7) is 2.93. The van der Waals surface area contributed by atoms with E-state index < -0.39 is 0 Å². The summed E-state index contributed by atoms with van der Waals surface area (Å²) in [4.78, 5) is 36.4. The molecule has 2 aliphatic rings. The van der Waals surface area contributed by atoms with Gasteiger partial charge in [0, 0.05) is 50.2 Å². The van der Waals surface area contributed by atoms with Crippen molar-refractivity contribution in [3.05, 3.63) is 24.0 Å². The Kier molecular flexibility index (Phi) is 5.08. The van der Waals surface area contributed by atoms with Crippen molar-refractivity contribution in [3.63, 3.8) is 0 Å². The molecule has 2 saturated heterocycles. The van der Waals surface area contributed by atoms with Crippen molar-refractivity contribution in [1.29, 1.82) is 0 Å². The Balaban J connectivity index is 1.58. The predicted octanol–water partition coefficient (Wildman–Crippen LogP) is 0.933. The van der Waals surface area contributed by atoms with Gasteiger partial charge >= 0.3 is 0 Å². The molecule has 7 heteroatoms. The van der Waals surface area contributed by atoms with E-state index >= 15 is 0 Å². The van der Waals surface area contributed by atoms with Crippen molar-refractivity contribution in [1.82, 2.24) is 19.8 Å². The molecule has 0 radical (unpaired) electrons. The van der Waals surface area contributed by atoms with Crippen molar-refractivity contribution in [2.75, 3.05) is 31.9 Å². The number of amides is 2. The molecule has 1 atom stereocenters. The number of rotatable bonds is 3. The summed E-state index contributed by atoms with van der Waals surface area (Å²) < 4.78 is 0. The molecule has 0 aromatic carbocycles. The Morgan fingerprint density at radius 1 is 1.08 bits per heavy atom. The standard InChI is InChI=1S/C17H23N5O2/c18-17-19-10-13(11-20-17)5-6-15(23)22-9-3-4-14(12-22)16(24)21-7-1-2-8-21/h5-6,10-11,14H,1-4,7-9,12H2,(H2,18,19,20). The van der Waals surface area contributed by atoms with Gasteiger partial charge in [-0.15, -0.1) is 0 Å². The summed E-state index contributed by atoms with van der Waals surface area (Å²) >= 11 is 0. The lowest BCUT2D eigenvalue weighted by Gasteiger charge is -2.33. The number of hydrogen-bond acceptors (Lipinski definition) is 5. The van der Waals surface area contributed by atoms with Crippen LogP contribution < -0.4 is 5.73 Å². The molecule has 128 valence electrons. The van der Waals surface area contributed by atoms with Crippen LogP contribution in [0.15, 0.2) is 18.5 Å². The summed E-state index contributed by atoms with van der Waals surface area (Å²) in [5.74, 6) is 0.276. The van der Waals surface area contributed by atoms with Crippen molar-refractivity contribution >= 4 is 23.8 Å². The Hall–Kier alpha value is -2.44. The number of piperidine rings is 1. The van der Waals surface area contributed by atoms with E-state index in [1.54, 1.807) is 23.4 Å². The first kappa shape index (κ1) is 16.4. The van der Waals surface area contributed by atoms with Crippen molar-refractivity contribution in [3.8, 4) is 0 Å². The summed E-state index contributed by atoms with van der Waals surface area (Å²) in [7, 11) is 0. The van der Waals surface area contributed by atoms with Crippen LogP contribution in [0, 0.1) is 5.92 Å². The second-order valence-electron chi connectivity index (χ2n) is 6.36. The first-order valence-corrected chi connectivity index (χ1v) is 8.47. The van der Waals surface area contributed by atoms with Crippen LogP contribution in [0.5, 0.6) is 0 Å². The minimum atomic E-state index is -0.0780. The van der Waals surface area contributed by atoms with Crippen molar-refractivity contribution in [2.45, 2.75) is 25.7 Å². The van der Waals surface area contributed by atoms with Gasteiger partial charge in [-0.25, -0.2) is 9.97 Å². The highest BCUT2D eigenvalue weighted by Crippen LogP contribution is 2.21. The number of aromatic nitrogens is 2. The maximum Gasteiger partial charge on any atom is 0.246 e. The van der Waals surface area contributed by atoms with Crippen LogP contribution in [0.3, 0.4) is 0 Å². The molecule has 0 aliphatic carbocycles. The molecule has 1 unspecified atom stereocenters. The van der Waals surface area contributed by atoms with Gasteiger partial charge in [0.25, 0.3) is 0 Å². The minimum absolute atomic E-state index is 0.0611. The Bertz CT molecular complexity index is 622. The SMILES string of the molecule is Nc1ncc(C=CC(=O)N2CCCC(C(=O)N3CCCC3)C2)cn1. The molecule has 2 N–H and O–H groups in total. The molecular formula is C17H23N5O2. The van der Waals surface area contributed by atoms with E-state index in [1.165, 1.54) is 6.08 Å². The first-order chi connectivity index (χ1) is 11.6. The molecule has 2 amide bonds. The van der Waals surface area contributed by atoms with Crippen LogP contribution in [0.2, 0.25) is 0 Å². The van der Waals surface area contributed by atoms with E-state index in [0.717, 1.165) is 44.3 Å². The van der Waals surface area contributed by atoms with Gasteiger partial charge in [0.1, 0.15) is 0 Å². The Morgan fingerprint density at radius 2 is 1.75 bits per heavy atom. The number of nitrogens with two attached hydrogens (primary N) is 1. The molecule has 3 heterocycles. The number of carbonyl (C=O) groups is 2. The third-order valence-corrected chi connectivity index (χ3v) is 4.61. The Morgan fingerprint density at radius 3 is 2.46 bits per heavy atom. The predicted molar refractivity (Wildman–Crippen MR) is 90.6 cm³/mol. The molecule has 24 heavy (non-hydrogen) atoms. The number of hydrogen-bond donors (Lipinski definition) is 1. The quantitative estimate of drug-likeness (QED) is 0.833. The van der Waals surface area contributed by atoms with E-state index in [-0.39, 0.29) is 23.7 Å². The molecule has 2 fully saturated rings. The van der Waals surface area contributed by atoms with E-state index in [4.69, 9.17) is 5.73 Å². The molecular weight excluding hydrogens is 306 g/mol. The largest absolute Gasteiger partial charge is 0.368 e. The van der Waals surface area contributed by atoms with Gasteiger partial charge in [-0.2, -0.15) is 0 Å². The zero-order valence-corrected chi connectivity index (χ0v) is 13.7. The van der Waals surface area contributed by atoms with Crippen LogP contribution >= 0.6 is 0 Å². The van der Waals surface area contributed by atoms with Crippen LogP contribution in [-0.2, 0) is 9.59 Å². The van der Waals surface area contributed by atoms with E-state index in [0.29, 0.717) is 13.1 Å². The number of anilines is 1. The van der Waals surface area contributed by atoms with Crippen molar-refractivity contribution < 1.29 is 9.59 Å². The fourth-order valence-corrected chi connectivity index (χ4v) is 3.28.